The Kier molecular flexibility index (Phi) is 4.87. The first kappa shape index (κ1) is 16.5. The van der Waals surface area contributed by atoms with Crippen LogP contribution in [0.4, 0.5) is 0 Å². The molecule has 0 radical (unpaired) electrons. The molecule has 4 nitrogen and oxygen atoms in total. The number of thiophene rings is 1. The van der Waals surface area contributed by atoms with Gasteiger partial charge in [0.2, 0.25) is 5.78 Å². The third-order valence-electron chi connectivity index (χ3n) is 3.32. The highest BCUT2D eigenvalue weighted by Gasteiger charge is 2.21. The van der Waals surface area contributed by atoms with E-state index in [1.807, 2.05) is 50.2 Å². The summed E-state index contributed by atoms with van der Waals surface area (Å²) in [6, 6.07) is 13.1. The second kappa shape index (κ2) is 7.07. The Labute approximate surface area is 147 Å². The van der Waals surface area contributed by atoms with Crippen LogP contribution < -0.4 is 0 Å². The summed E-state index contributed by atoms with van der Waals surface area (Å²) in [7, 11) is 0. The molecule has 3 rings (SSSR count). The van der Waals surface area contributed by atoms with Crippen molar-refractivity contribution in [3.63, 3.8) is 0 Å². The van der Waals surface area contributed by atoms with Gasteiger partial charge in [-0.3, -0.25) is 4.79 Å². The zero-order valence-corrected chi connectivity index (χ0v) is 14.9. The topological polar surface area (TPSA) is 56.3 Å². The third-order valence-corrected chi connectivity index (χ3v) is 5.31. The van der Waals surface area contributed by atoms with E-state index in [0.717, 1.165) is 15.4 Å². The van der Waals surface area contributed by atoms with Crippen molar-refractivity contribution >= 4 is 34.4 Å². The molecule has 0 atom stereocenters. The molecule has 0 spiro atoms. The number of rotatable bonds is 5. The average Bonchev–Trinajstić information content (AvgIpc) is 3.19. The molecule has 2 heterocycles. The molecular formula is C18H15NO3S2. The standard InChI is InChI=1S/C18H15NO3S2/c1-11-8-9-15(23-11)14(20)10-22-18(21)17-16(19-12(2)24-17)13-6-4-3-5-7-13/h3-9H,10H2,1-2H3. The highest BCUT2D eigenvalue weighted by molar-refractivity contribution is 7.14. The van der Waals surface area contributed by atoms with Gasteiger partial charge in [-0.2, -0.15) is 0 Å². The molecular weight excluding hydrogens is 342 g/mol. The number of aromatic nitrogens is 1. The number of esters is 1. The lowest BCUT2D eigenvalue weighted by molar-refractivity contribution is 0.0481. The summed E-state index contributed by atoms with van der Waals surface area (Å²) in [5.41, 5.74) is 1.46. The first-order valence-corrected chi connectivity index (χ1v) is 8.97. The zero-order chi connectivity index (χ0) is 17.1. The lowest BCUT2D eigenvalue weighted by atomic mass is 10.1. The van der Waals surface area contributed by atoms with Gasteiger partial charge in [-0.25, -0.2) is 9.78 Å². The van der Waals surface area contributed by atoms with Crippen LogP contribution in [-0.4, -0.2) is 23.3 Å². The summed E-state index contributed by atoms with van der Waals surface area (Å²) in [5.74, 6) is -0.704. The van der Waals surface area contributed by atoms with E-state index in [9.17, 15) is 9.59 Å². The first-order valence-electron chi connectivity index (χ1n) is 7.34. The second-order valence-corrected chi connectivity index (χ2v) is 7.68. The van der Waals surface area contributed by atoms with Gasteiger partial charge in [-0.05, 0) is 26.0 Å². The maximum Gasteiger partial charge on any atom is 0.351 e. The minimum atomic E-state index is -0.513. The Morgan fingerprint density at radius 2 is 1.79 bits per heavy atom. The van der Waals surface area contributed by atoms with E-state index >= 15 is 0 Å². The Morgan fingerprint density at radius 1 is 1.04 bits per heavy atom. The monoisotopic (exact) mass is 357 g/mol. The molecule has 3 aromatic rings. The van der Waals surface area contributed by atoms with Crippen LogP contribution in [0, 0.1) is 13.8 Å². The van der Waals surface area contributed by atoms with Crippen molar-refractivity contribution in [2.24, 2.45) is 0 Å². The van der Waals surface area contributed by atoms with Crippen molar-refractivity contribution < 1.29 is 14.3 Å². The minimum Gasteiger partial charge on any atom is -0.453 e. The third kappa shape index (κ3) is 3.60. The molecule has 0 saturated carbocycles. The highest BCUT2D eigenvalue weighted by Crippen LogP contribution is 2.28. The van der Waals surface area contributed by atoms with Crippen LogP contribution in [-0.2, 0) is 4.74 Å². The SMILES string of the molecule is Cc1ccc(C(=O)COC(=O)c2sc(C)nc2-c2ccccc2)s1. The number of Topliss-reactive ketones (excluding diaryl/α,β-unsaturated/α-hetero) is 1. The maximum absolute atomic E-state index is 12.4. The van der Waals surface area contributed by atoms with Crippen LogP contribution >= 0.6 is 22.7 Å². The number of carbonyl (C=O) groups excluding carboxylic acids is 2. The van der Waals surface area contributed by atoms with Crippen LogP contribution in [0.2, 0.25) is 0 Å². The summed E-state index contributed by atoms with van der Waals surface area (Å²) >= 11 is 2.67. The fraction of sp³-hybridized carbons (Fsp3) is 0.167. The fourth-order valence-corrected chi connectivity index (χ4v) is 3.84. The molecule has 0 bridgehead atoms. The van der Waals surface area contributed by atoms with E-state index in [-0.39, 0.29) is 12.4 Å². The summed E-state index contributed by atoms with van der Waals surface area (Å²) < 4.78 is 5.22. The van der Waals surface area contributed by atoms with Crippen molar-refractivity contribution in [3.8, 4) is 11.3 Å². The maximum atomic E-state index is 12.4. The molecule has 6 heteroatoms. The molecule has 1 aromatic carbocycles. The van der Waals surface area contributed by atoms with Crippen molar-refractivity contribution in [3.05, 3.63) is 62.1 Å². The molecule has 0 saturated heterocycles. The predicted octanol–water partition coefficient (Wildman–Crippen LogP) is 4.53. The summed E-state index contributed by atoms with van der Waals surface area (Å²) in [5, 5.41) is 0.779. The zero-order valence-electron chi connectivity index (χ0n) is 13.2. The minimum absolute atomic E-state index is 0.191. The number of hydrogen-bond acceptors (Lipinski definition) is 6. The molecule has 0 unspecified atom stereocenters. The molecule has 0 N–H and O–H groups in total. The molecule has 0 aliphatic rings. The highest BCUT2D eigenvalue weighted by atomic mass is 32.1. The van der Waals surface area contributed by atoms with E-state index in [4.69, 9.17) is 4.74 Å². The second-order valence-electron chi connectivity index (χ2n) is 5.19. The lowest BCUT2D eigenvalue weighted by Crippen LogP contribution is -2.13. The van der Waals surface area contributed by atoms with Crippen molar-refractivity contribution in [2.75, 3.05) is 6.61 Å². The van der Waals surface area contributed by atoms with E-state index < -0.39 is 5.97 Å². The van der Waals surface area contributed by atoms with Gasteiger partial charge in [0.15, 0.2) is 6.61 Å². The van der Waals surface area contributed by atoms with Crippen LogP contribution in [0.25, 0.3) is 11.3 Å². The predicted molar refractivity (Wildman–Crippen MR) is 96.0 cm³/mol. The van der Waals surface area contributed by atoms with E-state index in [0.29, 0.717) is 15.4 Å². The Morgan fingerprint density at radius 3 is 2.46 bits per heavy atom. The van der Waals surface area contributed by atoms with E-state index in [1.54, 1.807) is 6.07 Å². The molecule has 0 aliphatic carbocycles. The van der Waals surface area contributed by atoms with E-state index in [2.05, 4.69) is 4.98 Å². The average molecular weight is 357 g/mol. The van der Waals surface area contributed by atoms with Gasteiger partial charge in [0.1, 0.15) is 4.88 Å². The quantitative estimate of drug-likeness (QED) is 0.497. The number of aryl methyl sites for hydroxylation is 2. The smallest absolute Gasteiger partial charge is 0.351 e. The van der Waals surface area contributed by atoms with Gasteiger partial charge < -0.3 is 4.74 Å². The number of carbonyl (C=O) groups is 2. The number of ketones is 1. The normalized spacial score (nSPS) is 10.6. The Balaban J connectivity index is 1.75. The van der Waals surface area contributed by atoms with Crippen molar-refractivity contribution in [1.29, 1.82) is 0 Å². The van der Waals surface area contributed by atoms with Crippen LogP contribution in [0.3, 0.4) is 0 Å². The van der Waals surface area contributed by atoms with Crippen molar-refractivity contribution in [1.82, 2.24) is 4.98 Å². The van der Waals surface area contributed by atoms with Gasteiger partial charge in [-0.15, -0.1) is 22.7 Å². The lowest BCUT2D eigenvalue weighted by Gasteiger charge is -2.04. The fourth-order valence-electron chi connectivity index (χ4n) is 2.21. The number of thiazole rings is 1. The van der Waals surface area contributed by atoms with Gasteiger partial charge in [0.05, 0.1) is 15.6 Å². The van der Waals surface area contributed by atoms with Gasteiger partial charge in [-0.1, -0.05) is 30.3 Å². The summed E-state index contributed by atoms with van der Waals surface area (Å²) in [4.78, 5) is 31.0. The van der Waals surface area contributed by atoms with Crippen LogP contribution in [0.1, 0.15) is 29.2 Å². The van der Waals surface area contributed by atoms with Gasteiger partial charge in [0.25, 0.3) is 0 Å². The number of nitrogens with zero attached hydrogens (tertiary/aromatic N) is 1. The summed E-state index contributed by atoms with van der Waals surface area (Å²) in [6.07, 6.45) is 0. The Hall–Kier alpha value is -2.31. The van der Waals surface area contributed by atoms with E-state index in [1.165, 1.54) is 22.7 Å². The molecule has 122 valence electrons. The summed E-state index contributed by atoms with van der Waals surface area (Å²) in [6.45, 7) is 3.51. The van der Waals surface area contributed by atoms with Gasteiger partial charge >= 0.3 is 5.97 Å². The molecule has 2 aromatic heterocycles. The molecule has 0 fully saturated rings. The number of benzene rings is 1. The largest absolute Gasteiger partial charge is 0.453 e. The molecule has 24 heavy (non-hydrogen) atoms. The van der Waals surface area contributed by atoms with Crippen LogP contribution in [0.5, 0.6) is 0 Å². The van der Waals surface area contributed by atoms with Crippen molar-refractivity contribution in [2.45, 2.75) is 13.8 Å². The van der Waals surface area contributed by atoms with Crippen LogP contribution in [0.15, 0.2) is 42.5 Å². The number of ether oxygens (including phenoxy) is 1. The first-order chi connectivity index (χ1) is 11.5. The van der Waals surface area contributed by atoms with Gasteiger partial charge in [0, 0.05) is 10.4 Å². The number of hydrogen-bond donors (Lipinski definition) is 0. The molecule has 0 aliphatic heterocycles. The Bertz CT molecular complexity index is 881. The molecule has 0 amide bonds.